The van der Waals surface area contributed by atoms with Crippen molar-refractivity contribution in [2.75, 3.05) is 5.43 Å². The van der Waals surface area contributed by atoms with Crippen LogP contribution in [0.1, 0.15) is 10.4 Å². The summed E-state index contributed by atoms with van der Waals surface area (Å²) in [6.07, 6.45) is 0. The highest BCUT2D eigenvalue weighted by Gasteiger charge is 2.14. The minimum absolute atomic E-state index is 0.0142. The summed E-state index contributed by atoms with van der Waals surface area (Å²) in [6, 6.07) is 14.6. The first-order valence-electron chi connectivity index (χ1n) is 6.90. The number of carbonyl (C=O) groups is 1. The Kier molecular flexibility index (Phi) is 4.26. The molecule has 2 N–H and O–H groups in total. The summed E-state index contributed by atoms with van der Waals surface area (Å²) in [4.78, 5) is 36.5. The number of aromatic amines is 1. The molecule has 0 aliphatic rings. The highest BCUT2D eigenvalue weighted by atomic mass is 35.5. The van der Waals surface area contributed by atoms with E-state index in [1.54, 1.807) is 54.6 Å². The number of H-pyrrole nitrogens is 1. The molecule has 2 aromatic carbocycles. The van der Waals surface area contributed by atoms with E-state index in [0.29, 0.717) is 20.8 Å². The first-order valence-corrected chi connectivity index (χ1v) is 7.28. The molecule has 0 saturated heterocycles. The lowest BCUT2D eigenvalue weighted by Gasteiger charge is -2.08. The molecule has 0 bridgehead atoms. The molecule has 24 heavy (non-hydrogen) atoms. The molecule has 0 aliphatic heterocycles. The Morgan fingerprint density at radius 2 is 1.71 bits per heavy atom. The van der Waals surface area contributed by atoms with Crippen molar-refractivity contribution in [3.8, 4) is 11.3 Å². The summed E-state index contributed by atoms with van der Waals surface area (Å²) in [7, 11) is 0. The van der Waals surface area contributed by atoms with Gasteiger partial charge in [-0.25, -0.2) is 9.89 Å². The van der Waals surface area contributed by atoms with Crippen molar-refractivity contribution >= 4 is 17.5 Å². The predicted octanol–water partition coefficient (Wildman–Crippen LogP) is 1.64. The third kappa shape index (κ3) is 3.11. The van der Waals surface area contributed by atoms with E-state index in [1.807, 2.05) is 0 Å². The third-order valence-electron chi connectivity index (χ3n) is 3.24. The number of nitrogens with zero attached hydrogens (tertiary/aromatic N) is 2. The van der Waals surface area contributed by atoms with E-state index in [2.05, 4.69) is 15.6 Å². The Balaban J connectivity index is 2.01. The van der Waals surface area contributed by atoms with Crippen LogP contribution in [0.2, 0.25) is 5.02 Å². The largest absolute Gasteiger partial charge is 0.364 e. The van der Waals surface area contributed by atoms with Gasteiger partial charge >= 0.3 is 11.2 Å². The molecule has 0 saturated carbocycles. The minimum Gasteiger partial charge on any atom is -0.267 e. The Hall–Kier alpha value is -3.19. The summed E-state index contributed by atoms with van der Waals surface area (Å²) in [6.45, 7) is 0. The van der Waals surface area contributed by atoms with Crippen molar-refractivity contribution in [3.05, 3.63) is 86.0 Å². The molecule has 8 heteroatoms. The van der Waals surface area contributed by atoms with Crippen LogP contribution in [0.15, 0.2) is 64.2 Å². The lowest BCUT2D eigenvalue weighted by Crippen LogP contribution is -2.45. The van der Waals surface area contributed by atoms with E-state index in [9.17, 15) is 14.4 Å². The molecule has 1 aromatic heterocycles. The molecular weight excluding hydrogens is 332 g/mol. The standard InChI is InChI=1S/C16H11ClN4O3/c17-12-8-6-10(7-9-12)13-15(23)21(16(24)19-18-13)20-14(22)11-4-2-1-3-5-11/h1-9H,(H,19,24)(H,20,22). The lowest BCUT2D eigenvalue weighted by molar-refractivity contribution is 0.101. The van der Waals surface area contributed by atoms with Gasteiger partial charge in [0.15, 0.2) is 5.69 Å². The quantitative estimate of drug-likeness (QED) is 0.756. The number of hydrogen-bond acceptors (Lipinski definition) is 4. The summed E-state index contributed by atoms with van der Waals surface area (Å²) in [5, 5.41) is 6.44. The number of halogens is 1. The Bertz CT molecular complexity index is 994. The number of nitrogens with one attached hydrogen (secondary N) is 2. The zero-order valence-corrected chi connectivity index (χ0v) is 12.9. The molecule has 1 heterocycles. The molecule has 3 rings (SSSR count). The van der Waals surface area contributed by atoms with E-state index in [4.69, 9.17) is 11.6 Å². The highest BCUT2D eigenvalue weighted by Crippen LogP contribution is 2.15. The molecule has 0 aliphatic carbocycles. The van der Waals surface area contributed by atoms with Crippen molar-refractivity contribution in [1.82, 2.24) is 14.9 Å². The maximum absolute atomic E-state index is 12.5. The van der Waals surface area contributed by atoms with Crippen molar-refractivity contribution in [3.63, 3.8) is 0 Å². The lowest BCUT2D eigenvalue weighted by atomic mass is 10.2. The number of carbonyl (C=O) groups excluding carboxylic acids is 1. The second-order valence-electron chi connectivity index (χ2n) is 4.83. The molecule has 0 radical (unpaired) electrons. The van der Waals surface area contributed by atoms with E-state index in [0.717, 1.165) is 0 Å². The van der Waals surface area contributed by atoms with Gasteiger partial charge in [0.05, 0.1) is 0 Å². The zero-order chi connectivity index (χ0) is 17.1. The predicted molar refractivity (Wildman–Crippen MR) is 89.7 cm³/mol. The zero-order valence-electron chi connectivity index (χ0n) is 12.2. The average molecular weight is 343 g/mol. The van der Waals surface area contributed by atoms with Gasteiger partial charge in [-0.05, 0) is 24.3 Å². The molecule has 120 valence electrons. The van der Waals surface area contributed by atoms with Gasteiger partial charge < -0.3 is 0 Å². The van der Waals surface area contributed by atoms with Gasteiger partial charge in [-0.3, -0.25) is 15.0 Å². The third-order valence-corrected chi connectivity index (χ3v) is 3.49. The fourth-order valence-corrected chi connectivity index (χ4v) is 2.18. The van der Waals surface area contributed by atoms with Gasteiger partial charge in [0.2, 0.25) is 0 Å². The average Bonchev–Trinajstić information content (AvgIpc) is 2.60. The van der Waals surface area contributed by atoms with Crippen LogP contribution in [0.5, 0.6) is 0 Å². The molecule has 0 fully saturated rings. The second kappa shape index (κ2) is 6.51. The number of benzene rings is 2. The van der Waals surface area contributed by atoms with Crippen LogP contribution < -0.4 is 16.7 Å². The van der Waals surface area contributed by atoms with Crippen LogP contribution in [0.3, 0.4) is 0 Å². The number of hydrogen-bond donors (Lipinski definition) is 2. The maximum Gasteiger partial charge on any atom is 0.364 e. The summed E-state index contributed by atoms with van der Waals surface area (Å²) in [5.41, 5.74) is 1.44. The van der Waals surface area contributed by atoms with Crippen molar-refractivity contribution in [2.45, 2.75) is 0 Å². The Morgan fingerprint density at radius 1 is 1.04 bits per heavy atom. The van der Waals surface area contributed by atoms with E-state index >= 15 is 0 Å². The Morgan fingerprint density at radius 3 is 2.38 bits per heavy atom. The molecule has 7 nitrogen and oxygen atoms in total. The molecule has 0 unspecified atom stereocenters. The van der Waals surface area contributed by atoms with Crippen LogP contribution in [-0.2, 0) is 0 Å². The van der Waals surface area contributed by atoms with Crippen LogP contribution >= 0.6 is 11.6 Å². The smallest absolute Gasteiger partial charge is 0.267 e. The minimum atomic E-state index is -0.845. The van der Waals surface area contributed by atoms with E-state index < -0.39 is 17.2 Å². The van der Waals surface area contributed by atoms with Crippen LogP contribution in [0, 0.1) is 0 Å². The highest BCUT2D eigenvalue weighted by molar-refractivity contribution is 6.30. The number of amides is 1. The molecule has 0 spiro atoms. The van der Waals surface area contributed by atoms with Gasteiger partial charge in [0, 0.05) is 16.1 Å². The number of aromatic nitrogens is 3. The monoisotopic (exact) mass is 342 g/mol. The number of rotatable bonds is 3. The molecule has 3 aromatic rings. The summed E-state index contributed by atoms with van der Waals surface area (Å²) < 4.78 is 0.590. The SMILES string of the molecule is O=C(Nn1c(=O)[nH]nc(-c2ccc(Cl)cc2)c1=O)c1ccccc1. The maximum atomic E-state index is 12.5. The van der Waals surface area contributed by atoms with Gasteiger partial charge in [0.25, 0.3) is 5.91 Å². The van der Waals surface area contributed by atoms with Crippen molar-refractivity contribution in [2.24, 2.45) is 0 Å². The second-order valence-corrected chi connectivity index (χ2v) is 5.27. The first kappa shape index (κ1) is 15.7. The van der Waals surface area contributed by atoms with Gasteiger partial charge in [0.1, 0.15) is 0 Å². The molecular formula is C16H11ClN4O3. The summed E-state index contributed by atoms with van der Waals surface area (Å²) >= 11 is 5.81. The molecule has 0 atom stereocenters. The summed E-state index contributed by atoms with van der Waals surface area (Å²) in [5.74, 6) is -0.587. The normalized spacial score (nSPS) is 10.4. The molecule has 1 amide bonds. The van der Waals surface area contributed by atoms with Crippen molar-refractivity contribution < 1.29 is 4.79 Å². The van der Waals surface area contributed by atoms with Gasteiger partial charge in [-0.15, -0.1) is 0 Å². The van der Waals surface area contributed by atoms with Crippen LogP contribution in [-0.4, -0.2) is 20.8 Å². The fourth-order valence-electron chi connectivity index (χ4n) is 2.05. The van der Waals surface area contributed by atoms with E-state index in [1.165, 1.54) is 0 Å². The van der Waals surface area contributed by atoms with Crippen LogP contribution in [0.4, 0.5) is 0 Å². The van der Waals surface area contributed by atoms with Crippen LogP contribution in [0.25, 0.3) is 11.3 Å². The topological polar surface area (TPSA) is 96.8 Å². The first-order chi connectivity index (χ1) is 11.6. The van der Waals surface area contributed by atoms with E-state index in [-0.39, 0.29) is 5.69 Å². The van der Waals surface area contributed by atoms with Gasteiger partial charge in [-0.1, -0.05) is 41.9 Å². The van der Waals surface area contributed by atoms with Gasteiger partial charge in [-0.2, -0.15) is 9.77 Å². The Labute approximate surface area is 140 Å². The van der Waals surface area contributed by atoms with Crippen molar-refractivity contribution in [1.29, 1.82) is 0 Å². The fraction of sp³-hybridized carbons (Fsp3) is 0.